The molecule has 0 radical (unpaired) electrons. The van der Waals surface area contributed by atoms with Gasteiger partial charge in [0.05, 0.1) is 0 Å². The molecule has 70 valence electrons. The highest BCUT2D eigenvalue weighted by Gasteiger charge is 1.98. The van der Waals surface area contributed by atoms with Crippen LogP contribution in [0.1, 0.15) is 0 Å². The molecule has 0 aliphatic carbocycles. The van der Waals surface area contributed by atoms with Crippen molar-refractivity contribution >= 4 is 23.0 Å². The Kier molecular flexibility index (Phi) is 3.41. The van der Waals surface area contributed by atoms with Crippen LogP contribution in [-0.4, -0.2) is 14.8 Å². The zero-order valence-corrected chi connectivity index (χ0v) is 7.34. The summed E-state index contributed by atoms with van der Waals surface area (Å²) in [5.74, 6) is 0. The molecule has 1 aromatic carbocycles. The average molecular weight is 199 g/mol. The SMILES string of the molecule is O=C(Nc1ccccc1)NS(=O)[O-]. The van der Waals surface area contributed by atoms with Gasteiger partial charge in [0, 0.05) is 17.0 Å². The highest BCUT2D eigenvalue weighted by molar-refractivity contribution is 7.77. The number of anilines is 1. The van der Waals surface area contributed by atoms with Gasteiger partial charge in [-0.05, 0) is 12.1 Å². The molecule has 0 saturated carbocycles. The summed E-state index contributed by atoms with van der Waals surface area (Å²) in [6.07, 6.45) is 0. The largest absolute Gasteiger partial charge is 0.755 e. The minimum absolute atomic E-state index is 0.533. The normalized spacial score (nSPS) is 11.8. The number of benzene rings is 1. The van der Waals surface area contributed by atoms with Gasteiger partial charge >= 0.3 is 6.03 Å². The van der Waals surface area contributed by atoms with Crippen LogP contribution in [0.3, 0.4) is 0 Å². The van der Waals surface area contributed by atoms with Crippen LogP contribution in [0.5, 0.6) is 0 Å². The van der Waals surface area contributed by atoms with E-state index < -0.39 is 17.3 Å². The van der Waals surface area contributed by atoms with Crippen molar-refractivity contribution in [1.82, 2.24) is 4.72 Å². The predicted molar refractivity (Wildman–Crippen MR) is 47.5 cm³/mol. The highest BCUT2D eigenvalue weighted by atomic mass is 32.2. The molecule has 0 spiro atoms. The summed E-state index contributed by atoms with van der Waals surface area (Å²) in [4.78, 5) is 10.8. The third-order valence-electron chi connectivity index (χ3n) is 1.21. The van der Waals surface area contributed by atoms with E-state index >= 15 is 0 Å². The van der Waals surface area contributed by atoms with E-state index in [4.69, 9.17) is 0 Å². The second-order valence-corrected chi connectivity index (χ2v) is 2.83. The van der Waals surface area contributed by atoms with Gasteiger partial charge in [-0.15, -0.1) is 0 Å². The highest BCUT2D eigenvalue weighted by Crippen LogP contribution is 2.03. The van der Waals surface area contributed by atoms with Crippen LogP contribution in [0.25, 0.3) is 0 Å². The van der Waals surface area contributed by atoms with Gasteiger partial charge in [-0.2, -0.15) is 0 Å². The topological polar surface area (TPSA) is 81.3 Å². The van der Waals surface area contributed by atoms with Crippen molar-refractivity contribution in [2.75, 3.05) is 5.32 Å². The molecule has 1 atom stereocenters. The van der Waals surface area contributed by atoms with Crippen LogP contribution in [0.15, 0.2) is 30.3 Å². The summed E-state index contributed by atoms with van der Waals surface area (Å²) < 4.78 is 21.7. The van der Waals surface area contributed by atoms with Crippen molar-refractivity contribution < 1.29 is 13.6 Å². The number of nitrogens with one attached hydrogen (secondary N) is 2. The fourth-order valence-electron chi connectivity index (χ4n) is 0.754. The van der Waals surface area contributed by atoms with Crippen LogP contribution in [0, 0.1) is 0 Å². The lowest BCUT2D eigenvalue weighted by molar-refractivity contribution is 0.256. The third-order valence-corrected chi connectivity index (χ3v) is 1.56. The second-order valence-electron chi connectivity index (χ2n) is 2.16. The fraction of sp³-hybridized carbons (Fsp3) is 0. The summed E-state index contributed by atoms with van der Waals surface area (Å²) in [5, 5.41) is 2.33. The van der Waals surface area contributed by atoms with E-state index in [1.54, 1.807) is 35.1 Å². The molecule has 0 heterocycles. The Morgan fingerprint density at radius 2 is 1.92 bits per heavy atom. The third kappa shape index (κ3) is 3.68. The molecular weight excluding hydrogens is 192 g/mol. The second kappa shape index (κ2) is 4.58. The molecule has 0 aliphatic heterocycles. The maximum absolute atomic E-state index is 10.8. The number of hydrogen-bond acceptors (Lipinski definition) is 3. The summed E-state index contributed by atoms with van der Waals surface area (Å²) in [7, 11) is 0. The van der Waals surface area contributed by atoms with E-state index in [9.17, 15) is 13.6 Å². The average Bonchev–Trinajstić information content (AvgIpc) is 2.04. The number of carbonyl (C=O) groups excluding carboxylic acids is 1. The number of para-hydroxylation sites is 1. The molecule has 0 fully saturated rings. The van der Waals surface area contributed by atoms with Gasteiger partial charge in [0.1, 0.15) is 0 Å². The monoisotopic (exact) mass is 199 g/mol. The molecule has 2 amide bonds. The Hall–Kier alpha value is -1.40. The van der Waals surface area contributed by atoms with Gasteiger partial charge in [-0.25, -0.2) is 4.79 Å². The smallest absolute Gasteiger partial charge is 0.330 e. The van der Waals surface area contributed by atoms with E-state index in [0.717, 1.165) is 0 Å². The number of rotatable bonds is 2. The van der Waals surface area contributed by atoms with Crippen molar-refractivity contribution in [1.29, 1.82) is 0 Å². The molecule has 0 aromatic heterocycles. The lowest BCUT2D eigenvalue weighted by Crippen LogP contribution is -2.29. The van der Waals surface area contributed by atoms with Crippen LogP contribution < -0.4 is 10.0 Å². The van der Waals surface area contributed by atoms with Crippen LogP contribution in [-0.2, 0) is 11.3 Å². The molecule has 13 heavy (non-hydrogen) atoms. The molecular formula is C7H7N2O3S-. The zero-order chi connectivity index (χ0) is 9.68. The number of amides is 2. The van der Waals surface area contributed by atoms with E-state index in [1.807, 2.05) is 0 Å². The molecule has 1 unspecified atom stereocenters. The molecule has 1 rings (SSSR count). The minimum Gasteiger partial charge on any atom is -0.755 e. The van der Waals surface area contributed by atoms with Crippen molar-refractivity contribution in [3.8, 4) is 0 Å². The van der Waals surface area contributed by atoms with Crippen LogP contribution >= 0.6 is 0 Å². The minimum atomic E-state index is -2.58. The molecule has 6 heteroatoms. The van der Waals surface area contributed by atoms with Crippen molar-refractivity contribution in [2.45, 2.75) is 0 Å². The first-order valence-corrected chi connectivity index (χ1v) is 4.48. The van der Waals surface area contributed by atoms with Gasteiger partial charge in [0.2, 0.25) is 0 Å². The lowest BCUT2D eigenvalue weighted by atomic mass is 10.3. The number of urea groups is 1. The van der Waals surface area contributed by atoms with Gasteiger partial charge < -0.3 is 9.87 Å². The Morgan fingerprint density at radius 1 is 1.31 bits per heavy atom. The maximum Gasteiger partial charge on any atom is 0.330 e. The molecule has 0 saturated heterocycles. The van der Waals surface area contributed by atoms with E-state index in [2.05, 4.69) is 5.32 Å². The van der Waals surface area contributed by atoms with E-state index in [-0.39, 0.29) is 0 Å². The molecule has 2 N–H and O–H groups in total. The summed E-state index contributed by atoms with van der Waals surface area (Å²) in [6, 6.07) is 7.75. The van der Waals surface area contributed by atoms with E-state index in [0.29, 0.717) is 5.69 Å². The van der Waals surface area contributed by atoms with Crippen molar-refractivity contribution in [3.63, 3.8) is 0 Å². The standard InChI is InChI=1S/C7H8N2O3S/c10-7(9-13(11)12)8-6-4-2-1-3-5-6/h1-5H,(H,11,12)(H2,8,9,10)/p-1. The van der Waals surface area contributed by atoms with Gasteiger partial charge in [0.15, 0.2) is 0 Å². The zero-order valence-electron chi connectivity index (χ0n) is 6.52. The van der Waals surface area contributed by atoms with Crippen molar-refractivity contribution in [2.24, 2.45) is 0 Å². The first-order chi connectivity index (χ1) is 6.18. The van der Waals surface area contributed by atoms with Crippen LogP contribution in [0.4, 0.5) is 10.5 Å². The quantitative estimate of drug-likeness (QED) is 0.684. The first-order valence-electron chi connectivity index (χ1n) is 3.40. The maximum atomic E-state index is 10.8. The van der Waals surface area contributed by atoms with Crippen LogP contribution in [0.2, 0.25) is 0 Å². The van der Waals surface area contributed by atoms with Crippen molar-refractivity contribution in [3.05, 3.63) is 30.3 Å². The number of hydrogen-bond donors (Lipinski definition) is 2. The Bertz CT molecular complexity index is 315. The van der Waals surface area contributed by atoms with Gasteiger partial charge in [-0.3, -0.25) is 8.93 Å². The molecule has 0 bridgehead atoms. The molecule has 0 aliphatic rings. The summed E-state index contributed by atoms with van der Waals surface area (Å²) in [5.41, 5.74) is 0.533. The first kappa shape index (κ1) is 9.69. The van der Waals surface area contributed by atoms with Gasteiger partial charge in [0.25, 0.3) is 0 Å². The Labute approximate surface area is 77.6 Å². The number of carbonyl (C=O) groups is 1. The summed E-state index contributed by atoms with van der Waals surface area (Å²) >= 11 is -2.58. The van der Waals surface area contributed by atoms with Gasteiger partial charge in [-0.1, -0.05) is 18.2 Å². The lowest BCUT2D eigenvalue weighted by Gasteiger charge is -2.08. The summed E-state index contributed by atoms with van der Waals surface area (Å²) in [6.45, 7) is 0. The molecule has 1 aromatic rings. The predicted octanol–water partition coefficient (Wildman–Crippen LogP) is 0.602. The van der Waals surface area contributed by atoms with E-state index in [1.165, 1.54) is 0 Å². The Morgan fingerprint density at radius 3 is 2.46 bits per heavy atom. The Balaban J connectivity index is 2.50. The molecule has 5 nitrogen and oxygen atoms in total. The fourth-order valence-corrected chi connectivity index (χ4v) is 0.956.